The standard InChI is InChI=1S/C25H33FN4O3.C20H23N5O2.2H2/c1-16-2-4-17(5-3-16)14-28-10-12-29(13-11-28)20-7-6-18-19(23(20)26)15-30(25(18)33)21-8-9-22(31)27-24(21)32;1-20(7-8-20)27-17-3-2-15-19(22-17)18(24-23-15)13-4-9-21-16(12-13)25-10-5-14(26)6-11-25;;/h6-7,16-17,21H,2-5,8-15H2,1H3,(H,27,31,32);2-4,9,12,14,26H,5-8,10-11H2,1H3,(H,23,24);2*1H. The zero-order valence-corrected chi connectivity index (χ0v) is 34.7. The van der Waals surface area contributed by atoms with Crippen molar-refractivity contribution in [3.63, 3.8) is 0 Å². The number of benzene rings is 1. The molecule has 15 heteroatoms. The number of hydrogen-bond donors (Lipinski definition) is 3. The van der Waals surface area contributed by atoms with Crippen molar-refractivity contribution in [2.24, 2.45) is 11.8 Å². The number of carbonyl (C=O) groups is 3. The second kappa shape index (κ2) is 16.7. The van der Waals surface area contributed by atoms with Crippen molar-refractivity contribution in [3.05, 3.63) is 59.5 Å². The summed E-state index contributed by atoms with van der Waals surface area (Å²) >= 11 is 0. The summed E-state index contributed by atoms with van der Waals surface area (Å²) in [7, 11) is 0. The smallest absolute Gasteiger partial charge is 0.255 e. The molecule has 14 nitrogen and oxygen atoms in total. The Labute approximate surface area is 352 Å². The van der Waals surface area contributed by atoms with Crippen LogP contribution in [-0.4, -0.2) is 116 Å². The number of carbonyl (C=O) groups excluding carboxylic acids is 3. The number of piperidine rings is 2. The Balaban J connectivity index is 0.000000184. The lowest BCUT2D eigenvalue weighted by molar-refractivity contribution is -0.136. The molecule has 3 amide bonds. The maximum atomic E-state index is 15.5. The van der Waals surface area contributed by atoms with E-state index in [0.717, 1.165) is 111 Å². The number of amides is 3. The van der Waals surface area contributed by atoms with Gasteiger partial charge in [0, 0.05) is 84.0 Å². The normalized spacial score (nSPS) is 24.6. The molecule has 0 spiro atoms. The minimum absolute atomic E-state index is 0. The van der Waals surface area contributed by atoms with Gasteiger partial charge < -0.3 is 24.5 Å². The zero-order valence-electron chi connectivity index (χ0n) is 34.7. The number of piperazine rings is 1. The molecular weight excluding hydrogens is 766 g/mol. The summed E-state index contributed by atoms with van der Waals surface area (Å²) in [6.45, 7) is 10.7. The molecule has 2 saturated carbocycles. The number of nitrogens with one attached hydrogen (secondary N) is 2. The molecule has 2 aliphatic carbocycles. The number of aromatic nitrogens is 4. The Bertz CT molecular complexity index is 2250. The van der Waals surface area contributed by atoms with E-state index < -0.39 is 11.9 Å². The summed E-state index contributed by atoms with van der Waals surface area (Å²) in [5.41, 5.74) is 4.63. The van der Waals surface area contributed by atoms with Crippen molar-refractivity contribution in [1.82, 2.24) is 35.3 Å². The number of aliphatic hydroxyl groups is 1. The van der Waals surface area contributed by atoms with Crippen LogP contribution in [0.5, 0.6) is 5.88 Å². The average molecular weight is 826 g/mol. The first-order chi connectivity index (χ1) is 29.0. The van der Waals surface area contributed by atoms with Crippen LogP contribution in [0.3, 0.4) is 0 Å². The molecule has 6 aliphatic rings. The van der Waals surface area contributed by atoms with Gasteiger partial charge in [0.15, 0.2) is 5.82 Å². The van der Waals surface area contributed by atoms with Gasteiger partial charge in [0.05, 0.1) is 23.9 Å². The van der Waals surface area contributed by atoms with Crippen LogP contribution in [0.2, 0.25) is 0 Å². The molecule has 3 aromatic heterocycles. The molecule has 5 fully saturated rings. The summed E-state index contributed by atoms with van der Waals surface area (Å²) < 4.78 is 21.6. The van der Waals surface area contributed by atoms with Gasteiger partial charge >= 0.3 is 0 Å². The lowest BCUT2D eigenvalue weighted by atomic mass is 9.83. The van der Waals surface area contributed by atoms with Gasteiger partial charge in [-0.05, 0) is 94.0 Å². The van der Waals surface area contributed by atoms with Gasteiger partial charge in [-0.3, -0.25) is 29.7 Å². The first-order valence-electron chi connectivity index (χ1n) is 21.9. The van der Waals surface area contributed by atoms with Crippen molar-refractivity contribution >= 4 is 40.3 Å². The van der Waals surface area contributed by atoms with E-state index in [1.54, 1.807) is 12.1 Å². The largest absolute Gasteiger partial charge is 0.471 e. The molecule has 1 aromatic carbocycles. The van der Waals surface area contributed by atoms with E-state index in [2.05, 4.69) is 49.0 Å². The number of H-pyrrole nitrogens is 1. The quantitative estimate of drug-likeness (QED) is 0.181. The van der Waals surface area contributed by atoms with Crippen LogP contribution in [0, 0.1) is 17.7 Å². The highest BCUT2D eigenvalue weighted by molar-refractivity contribution is 6.05. The molecule has 3 saturated heterocycles. The molecule has 1 unspecified atom stereocenters. The van der Waals surface area contributed by atoms with Crippen LogP contribution in [0.25, 0.3) is 22.3 Å². The van der Waals surface area contributed by atoms with Gasteiger partial charge in [0.1, 0.15) is 28.7 Å². The van der Waals surface area contributed by atoms with Crippen molar-refractivity contribution in [2.75, 3.05) is 55.6 Å². The van der Waals surface area contributed by atoms with Gasteiger partial charge in [-0.2, -0.15) is 5.10 Å². The molecule has 4 aromatic rings. The monoisotopic (exact) mass is 825 g/mol. The molecule has 3 N–H and O–H groups in total. The van der Waals surface area contributed by atoms with E-state index in [-0.39, 0.29) is 51.6 Å². The van der Waals surface area contributed by atoms with Crippen molar-refractivity contribution in [1.29, 1.82) is 0 Å². The van der Waals surface area contributed by atoms with Crippen LogP contribution in [0.15, 0.2) is 42.6 Å². The number of hydrogen-bond acceptors (Lipinski definition) is 11. The topological polar surface area (TPSA) is 160 Å². The third kappa shape index (κ3) is 8.56. The van der Waals surface area contributed by atoms with E-state index >= 15 is 4.39 Å². The Kier molecular flexibility index (Phi) is 11.2. The van der Waals surface area contributed by atoms with E-state index in [9.17, 15) is 19.5 Å². The number of imide groups is 1. The van der Waals surface area contributed by atoms with Gasteiger partial charge in [0.2, 0.25) is 17.7 Å². The zero-order chi connectivity index (χ0) is 41.5. The number of aromatic amines is 1. The first kappa shape index (κ1) is 40.3. The highest BCUT2D eigenvalue weighted by Gasteiger charge is 2.42. The van der Waals surface area contributed by atoms with Crippen molar-refractivity contribution in [3.8, 4) is 17.1 Å². The molecular formula is C45H60FN9O5. The van der Waals surface area contributed by atoms with Crippen LogP contribution < -0.4 is 19.9 Å². The highest BCUT2D eigenvalue weighted by atomic mass is 19.1. The van der Waals surface area contributed by atoms with Crippen molar-refractivity contribution < 1.29 is 31.5 Å². The van der Waals surface area contributed by atoms with Crippen LogP contribution in [0.4, 0.5) is 15.9 Å². The number of aliphatic hydroxyl groups excluding tert-OH is 1. The van der Waals surface area contributed by atoms with Gasteiger partial charge in [-0.15, -0.1) is 0 Å². The summed E-state index contributed by atoms with van der Waals surface area (Å²) in [5.74, 6) is 1.70. The molecule has 10 rings (SSSR count). The number of ether oxygens (including phenoxy) is 1. The second-order valence-electron chi connectivity index (χ2n) is 18.0. The minimum atomic E-state index is -0.725. The van der Waals surface area contributed by atoms with E-state index in [1.165, 1.54) is 30.6 Å². The number of pyridine rings is 2. The van der Waals surface area contributed by atoms with Gasteiger partial charge in [-0.25, -0.2) is 14.4 Å². The molecule has 60 heavy (non-hydrogen) atoms. The Morgan fingerprint density at radius 1 is 0.933 bits per heavy atom. The first-order valence-corrected chi connectivity index (χ1v) is 21.9. The molecule has 7 heterocycles. The number of halogens is 1. The molecule has 4 aliphatic heterocycles. The number of nitrogens with zero attached hydrogens (tertiary/aromatic N) is 7. The fourth-order valence-electron chi connectivity index (χ4n) is 9.39. The summed E-state index contributed by atoms with van der Waals surface area (Å²) in [6.07, 6.45) is 11.1. The Morgan fingerprint density at radius 3 is 2.43 bits per heavy atom. The third-order valence-corrected chi connectivity index (χ3v) is 13.5. The predicted octanol–water partition coefficient (Wildman–Crippen LogP) is 5.94. The van der Waals surface area contributed by atoms with E-state index in [4.69, 9.17) is 9.72 Å². The van der Waals surface area contributed by atoms with Crippen LogP contribution >= 0.6 is 0 Å². The summed E-state index contributed by atoms with van der Waals surface area (Å²) in [6, 6.07) is 10.5. The second-order valence-corrected chi connectivity index (χ2v) is 18.0. The van der Waals surface area contributed by atoms with Crippen LogP contribution in [0.1, 0.15) is 96.8 Å². The number of rotatable bonds is 8. The summed E-state index contributed by atoms with van der Waals surface area (Å²) in [4.78, 5) is 54.0. The lowest BCUT2D eigenvalue weighted by Crippen LogP contribution is -2.52. The van der Waals surface area contributed by atoms with E-state index in [1.807, 2.05) is 30.5 Å². The lowest BCUT2D eigenvalue weighted by Gasteiger charge is -2.39. The molecule has 322 valence electrons. The number of fused-ring (bicyclic) bond motifs is 2. The minimum Gasteiger partial charge on any atom is -0.471 e. The fourth-order valence-corrected chi connectivity index (χ4v) is 9.39. The molecule has 0 bridgehead atoms. The highest BCUT2D eigenvalue weighted by Crippen LogP contribution is 2.40. The third-order valence-electron chi connectivity index (χ3n) is 13.5. The van der Waals surface area contributed by atoms with Crippen LogP contribution in [-0.2, 0) is 16.1 Å². The molecule has 0 radical (unpaired) electrons. The molecule has 1 atom stereocenters. The summed E-state index contributed by atoms with van der Waals surface area (Å²) in [5, 5.41) is 19.6. The average Bonchev–Trinajstić information content (AvgIpc) is 3.66. The predicted molar refractivity (Wildman–Crippen MR) is 229 cm³/mol. The Morgan fingerprint density at radius 2 is 1.70 bits per heavy atom. The number of anilines is 2. The van der Waals surface area contributed by atoms with E-state index in [0.29, 0.717) is 22.7 Å². The van der Waals surface area contributed by atoms with Gasteiger partial charge in [-0.1, -0.05) is 19.8 Å². The Hall–Kier alpha value is -5.15. The van der Waals surface area contributed by atoms with Gasteiger partial charge in [0.25, 0.3) is 5.91 Å². The maximum Gasteiger partial charge on any atom is 0.255 e. The maximum absolute atomic E-state index is 15.5. The SMILES string of the molecule is CC1(Oc2ccc3[nH]nc(-c4ccnc(N5CCC(O)CC5)c4)c3n2)CC1.CC1CCC(CN2CCN(c3ccc4c(c3F)CN(C3CCC(=O)NC3=O)C4=O)CC2)CC1.[HH].[HH]. The van der Waals surface area contributed by atoms with Crippen molar-refractivity contribution in [2.45, 2.75) is 102 Å². The fraction of sp³-hybridized carbons (Fsp3) is 0.556.